The number of rotatable bonds is 21. The normalized spacial score (nSPS) is 10.9. The number of methoxy groups -OCH3 is 2. The minimum Gasteiger partial charge on any atom is -0.496 e. The van der Waals surface area contributed by atoms with Crippen molar-refractivity contribution in [2.24, 2.45) is 7.05 Å². The van der Waals surface area contributed by atoms with Gasteiger partial charge in [-0.05, 0) is 30.7 Å². The van der Waals surface area contributed by atoms with Crippen LogP contribution in [0.3, 0.4) is 0 Å². The van der Waals surface area contributed by atoms with E-state index in [1.165, 1.54) is 64.2 Å². The summed E-state index contributed by atoms with van der Waals surface area (Å²) in [5.41, 5.74) is 2.49. The van der Waals surface area contributed by atoms with Crippen LogP contribution < -0.4 is 18.8 Å². The summed E-state index contributed by atoms with van der Waals surface area (Å²) in [4.78, 5) is 15.8. The van der Waals surface area contributed by atoms with Gasteiger partial charge in [-0.15, -0.1) is 0 Å². The number of nitrogens with zero attached hydrogens (tertiary/aromatic N) is 2. The number of para-hydroxylation sites is 2. The standard InChI is InChI=1S/C37H53N2O4/c1-5-6-7-8-9-10-11-12-13-14-15-18-27-43-36-32(22-19-25-35(36)42-4)30-39(29-31-21-20-26-38(2)28-31)37(40)33-23-16-17-24-34(33)41-3/h16-17,19-26,28H,5-15,18,27,29-30H2,1-4H3/q+1. The van der Waals surface area contributed by atoms with Crippen LogP contribution in [0, 0.1) is 0 Å². The molecule has 0 aliphatic carbocycles. The summed E-state index contributed by atoms with van der Waals surface area (Å²) in [5, 5.41) is 0. The first-order valence-electron chi connectivity index (χ1n) is 16.2. The summed E-state index contributed by atoms with van der Waals surface area (Å²) in [7, 11) is 5.24. The Kier molecular flexibility index (Phi) is 15.5. The molecule has 0 fully saturated rings. The van der Waals surface area contributed by atoms with Gasteiger partial charge in [0.15, 0.2) is 23.9 Å². The summed E-state index contributed by atoms with van der Waals surface area (Å²) < 4.78 is 19.6. The van der Waals surface area contributed by atoms with Crippen LogP contribution in [0.5, 0.6) is 17.2 Å². The summed E-state index contributed by atoms with van der Waals surface area (Å²) >= 11 is 0. The van der Waals surface area contributed by atoms with E-state index in [1.807, 2.05) is 83.5 Å². The molecule has 0 radical (unpaired) electrons. The van der Waals surface area contributed by atoms with Gasteiger partial charge in [-0.2, -0.15) is 0 Å². The lowest BCUT2D eigenvalue weighted by Gasteiger charge is -2.25. The molecule has 0 unspecified atom stereocenters. The number of hydrogen-bond donors (Lipinski definition) is 0. The number of aromatic nitrogens is 1. The first-order valence-corrected chi connectivity index (χ1v) is 16.2. The van der Waals surface area contributed by atoms with Crippen molar-refractivity contribution >= 4 is 5.91 Å². The second kappa shape index (κ2) is 19.6. The molecule has 3 rings (SSSR count). The van der Waals surface area contributed by atoms with Crippen LogP contribution in [0.4, 0.5) is 0 Å². The molecule has 0 aliphatic rings. The molecular formula is C37H53N2O4+. The number of carbonyl (C=O) groups is 1. The fourth-order valence-corrected chi connectivity index (χ4v) is 5.49. The Morgan fingerprint density at radius 2 is 1.35 bits per heavy atom. The van der Waals surface area contributed by atoms with Crippen LogP contribution in [0.2, 0.25) is 0 Å². The van der Waals surface area contributed by atoms with E-state index in [4.69, 9.17) is 14.2 Å². The fourth-order valence-electron chi connectivity index (χ4n) is 5.49. The second-order valence-corrected chi connectivity index (χ2v) is 11.4. The predicted octanol–water partition coefficient (Wildman–Crippen LogP) is 8.45. The van der Waals surface area contributed by atoms with Crippen molar-refractivity contribution < 1.29 is 23.6 Å². The van der Waals surface area contributed by atoms with Gasteiger partial charge < -0.3 is 19.1 Å². The van der Waals surface area contributed by atoms with Crippen molar-refractivity contribution in [1.82, 2.24) is 4.90 Å². The van der Waals surface area contributed by atoms with Crippen LogP contribution in [0.1, 0.15) is 105 Å². The van der Waals surface area contributed by atoms with Crippen molar-refractivity contribution in [1.29, 1.82) is 0 Å². The molecule has 0 spiro atoms. The maximum atomic E-state index is 13.9. The monoisotopic (exact) mass is 589 g/mol. The lowest BCUT2D eigenvalue weighted by Crippen LogP contribution is -2.33. The molecule has 43 heavy (non-hydrogen) atoms. The molecule has 1 heterocycles. The molecule has 6 nitrogen and oxygen atoms in total. The molecule has 0 bridgehead atoms. The molecule has 2 aromatic carbocycles. The SMILES string of the molecule is CCCCCCCCCCCCCCOc1c(CN(Cc2ccc[n+](C)c2)C(=O)c2ccccc2OC)cccc1OC. The minimum atomic E-state index is -0.0984. The van der Waals surface area contributed by atoms with E-state index >= 15 is 0 Å². The van der Waals surface area contributed by atoms with Crippen LogP contribution in [0.15, 0.2) is 67.0 Å². The van der Waals surface area contributed by atoms with E-state index in [9.17, 15) is 4.79 Å². The molecule has 1 amide bonds. The van der Waals surface area contributed by atoms with Gasteiger partial charge in [-0.25, -0.2) is 4.57 Å². The maximum absolute atomic E-state index is 13.9. The highest BCUT2D eigenvalue weighted by atomic mass is 16.5. The lowest BCUT2D eigenvalue weighted by atomic mass is 10.1. The first-order chi connectivity index (χ1) is 21.1. The van der Waals surface area contributed by atoms with Gasteiger partial charge >= 0.3 is 0 Å². The Bertz CT molecular complexity index is 1230. The largest absolute Gasteiger partial charge is 0.496 e. The molecule has 234 valence electrons. The van der Waals surface area contributed by atoms with Crippen LogP contribution in [-0.2, 0) is 20.1 Å². The number of hydrogen-bond acceptors (Lipinski definition) is 4. The highest BCUT2D eigenvalue weighted by Crippen LogP contribution is 2.33. The quantitative estimate of drug-likeness (QED) is 0.0924. The van der Waals surface area contributed by atoms with E-state index in [0.29, 0.717) is 42.5 Å². The van der Waals surface area contributed by atoms with Crippen LogP contribution >= 0.6 is 0 Å². The molecule has 0 saturated carbocycles. The van der Waals surface area contributed by atoms with E-state index < -0.39 is 0 Å². The predicted molar refractivity (Wildman–Crippen MR) is 174 cm³/mol. The molecule has 0 aliphatic heterocycles. The zero-order chi connectivity index (χ0) is 30.7. The van der Waals surface area contributed by atoms with Crippen LogP contribution in [0.25, 0.3) is 0 Å². The smallest absolute Gasteiger partial charge is 0.258 e. The summed E-state index contributed by atoms with van der Waals surface area (Å²) in [6.07, 6.45) is 19.7. The third-order valence-corrected chi connectivity index (χ3v) is 7.88. The van der Waals surface area contributed by atoms with Crippen molar-refractivity contribution in [2.45, 2.75) is 97.1 Å². The minimum absolute atomic E-state index is 0.0984. The Morgan fingerprint density at radius 1 is 0.721 bits per heavy atom. The maximum Gasteiger partial charge on any atom is 0.258 e. The lowest BCUT2D eigenvalue weighted by molar-refractivity contribution is -0.672. The van der Waals surface area contributed by atoms with Crippen molar-refractivity contribution in [3.63, 3.8) is 0 Å². The van der Waals surface area contributed by atoms with Gasteiger partial charge in [0.05, 0.1) is 39.5 Å². The van der Waals surface area contributed by atoms with Gasteiger partial charge in [0.2, 0.25) is 0 Å². The zero-order valence-electron chi connectivity index (χ0n) is 27.0. The summed E-state index contributed by atoms with van der Waals surface area (Å²) in [6.45, 7) is 3.72. The van der Waals surface area contributed by atoms with Crippen LogP contribution in [-0.4, -0.2) is 31.6 Å². The van der Waals surface area contributed by atoms with Crippen molar-refractivity contribution in [2.75, 3.05) is 20.8 Å². The van der Waals surface area contributed by atoms with E-state index in [-0.39, 0.29) is 5.91 Å². The van der Waals surface area contributed by atoms with E-state index in [0.717, 1.165) is 24.0 Å². The van der Waals surface area contributed by atoms with Gasteiger partial charge in [0, 0.05) is 17.2 Å². The molecule has 1 aromatic heterocycles. The fraction of sp³-hybridized carbons (Fsp3) is 0.514. The number of amides is 1. The van der Waals surface area contributed by atoms with Gasteiger partial charge in [-0.3, -0.25) is 4.79 Å². The topological polar surface area (TPSA) is 51.9 Å². The second-order valence-electron chi connectivity index (χ2n) is 11.4. The number of carbonyl (C=O) groups excluding carboxylic acids is 1. The Balaban J connectivity index is 1.61. The molecular weight excluding hydrogens is 536 g/mol. The molecule has 0 N–H and O–H groups in total. The number of pyridine rings is 1. The molecule has 0 atom stereocenters. The van der Waals surface area contributed by atoms with Gasteiger partial charge in [0.25, 0.3) is 5.91 Å². The highest BCUT2D eigenvalue weighted by Gasteiger charge is 2.23. The van der Waals surface area contributed by atoms with E-state index in [1.54, 1.807) is 14.2 Å². The zero-order valence-corrected chi connectivity index (χ0v) is 27.0. The molecule has 6 heteroatoms. The molecule has 3 aromatic rings. The Morgan fingerprint density at radius 3 is 2.00 bits per heavy atom. The summed E-state index contributed by atoms with van der Waals surface area (Å²) in [6, 6.07) is 17.3. The summed E-state index contributed by atoms with van der Waals surface area (Å²) in [5.74, 6) is 1.86. The Hall–Kier alpha value is -3.54. The Labute approximate surface area is 260 Å². The highest BCUT2D eigenvalue weighted by molar-refractivity contribution is 5.97. The number of aryl methyl sites for hydroxylation is 1. The number of ether oxygens (including phenoxy) is 3. The average Bonchev–Trinajstić information content (AvgIpc) is 3.03. The first kappa shape index (κ1) is 34.0. The van der Waals surface area contributed by atoms with E-state index in [2.05, 4.69) is 6.92 Å². The average molecular weight is 590 g/mol. The third-order valence-electron chi connectivity index (χ3n) is 7.88. The molecule has 0 saturated heterocycles. The number of benzene rings is 2. The number of unbranched alkanes of at least 4 members (excludes halogenated alkanes) is 11. The van der Waals surface area contributed by atoms with Crippen molar-refractivity contribution in [3.05, 3.63) is 83.7 Å². The van der Waals surface area contributed by atoms with Gasteiger partial charge in [0.1, 0.15) is 12.8 Å². The van der Waals surface area contributed by atoms with Crippen molar-refractivity contribution in [3.8, 4) is 17.2 Å². The third kappa shape index (κ3) is 11.6. The van der Waals surface area contributed by atoms with Gasteiger partial charge in [-0.1, -0.05) is 102 Å².